The normalized spacial score (nSPS) is 17.4. The SMILES string of the molecule is Cc1ncsc1-c1ccc(CCNC(=O)[C@@H]2C[C@@H](O)CN2C(=O)C(C)(C)[C@H](C)NC(=O)CCCCCCCNC(=O)c2ccc(N3CCN(C(=O)OC(C)(C)C)CC3)nc2)cc1. The summed E-state index contributed by atoms with van der Waals surface area (Å²) in [7, 11) is 0. The summed E-state index contributed by atoms with van der Waals surface area (Å²) in [6, 6.07) is 10.5. The standard InChI is InChI=1S/C46H66N8O7S/c1-31-40(62-30-50-31)34-16-14-33(15-17-34)20-22-48-42(58)37-27-36(55)29-54(37)43(59)46(6,7)32(2)51-39(56)13-11-9-8-10-12-21-47-41(57)35-18-19-38(49-28-35)52-23-25-53(26-24-52)44(60)61-45(3,4)5/h14-19,28,30,32,36-37,55H,8-13,20-27,29H2,1-7H3,(H,47,57)(H,48,58)(H,51,56)/t32-,36+,37-/m0/s1. The number of hydrogen-bond acceptors (Lipinski definition) is 11. The van der Waals surface area contributed by atoms with Crippen LogP contribution in [0.25, 0.3) is 10.4 Å². The number of piperazine rings is 1. The number of aryl methyl sites for hydroxylation is 1. The van der Waals surface area contributed by atoms with Crippen molar-refractivity contribution in [1.29, 1.82) is 0 Å². The Bertz CT molecular complexity index is 1970. The Hall–Kier alpha value is -5.09. The van der Waals surface area contributed by atoms with E-state index in [1.807, 2.05) is 51.4 Å². The number of aliphatic hydroxyl groups is 1. The minimum atomic E-state index is -1.01. The average molecular weight is 875 g/mol. The zero-order valence-electron chi connectivity index (χ0n) is 37.5. The second-order valence-electron chi connectivity index (χ2n) is 18.0. The third-order valence-corrected chi connectivity index (χ3v) is 12.6. The predicted molar refractivity (Wildman–Crippen MR) is 241 cm³/mol. The minimum absolute atomic E-state index is 0.0619. The Morgan fingerprint density at radius 3 is 2.23 bits per heavy atom. The lowest BCUT2D eigenvalue weighted by atomic mass is 9.83. The van der Waals surface area contributed by atoms with Gasteiger partial charge in [-0.3, -0.25) is 19.2 Å². The van der Waals surface area contributed by atoms with Crippen LogP contribution in [-0.4, -0.2) is 124 Å². The van der Waals surface area contributed by atoms with E-state index in [-0.39, 0.29) is 42.7 Å². The molecule has 2 aliphatic heterocycles. The minimum Gasteiger partial charge on any atom is -0.444 e. The molecule has 3 aromatic rings. The molecule has 3 atom stereocenters. The predicted octanol–water partition coefficient (Wildman–Crippen LogP) is 5.49. The van der Waals surface area contributed by atoms with Gasteiger partial charge in [-0.2, -0.15) is 0 Å². The number of amides is 5. The van der Waals surface area contributed by atoms with Crippen molar-refractivity contribution in [2.75, 3.05) is 50.7 Å². The van der Waals surface area contributed by atoms with E-state index in [4.69, 9.17) is 4.74 Å². The van der Waals surface area contributed by atoms with Gasteiger partial charge in [0.05, 0.1) is 33.2 Å². The first-order valence-electron chi connectivity index (χ1n) is 22.0. The maximum atomic E-state index is 13.9. The molecule has 2 aliphatic rings. The summed E-state index contributed by atoms with van der Waals surface area (Å²) in [6.07, 6.45) is 5.76. The van der Waals surface area contributed by atoms with Gasteiger partial charge in [-0.25, -0.2) is 14.8 Å². The third kappa shape index (κ3) is 13.5. The molecular weight excluding hydrogens is 809 g/mol. The topological polar surface area (TPSA) is 186 Å². The molecule has 15 nitrogen and oxygen atoms in total. The number of anilines is 1. The number of nitrogens with one attached hydrogen (secondary N) is 3. The van der Waals surface area contributed by atoms with Crippen LogP contribution < -0.4 is 20.9 Å². The first-order valence-corrected chi connectivity index (χ1v) is 22.8. The number of benzene rings is 1. The van der Waals surface area contributed by atoms with Gasteiger partial charge in [0.2, 0.25) is 17.7 Å². The molecule has 2 fully saturated rings. The number of likely N-dealkylation sites (tertiary alicyclic amines) is 1. The second-order valence-corrected chi connectivity index (χ2v) is 18.9. The molecule has 4 heterocycles. The molecule has 1 aromatic carbocycles. The Kier molecular flexibility index (Phi) is 16.9. The highest BCUT2D eigenvalue weighted by atomic mass is 32.1. The molecule has 0 radical (unpaired) electrons. The summed E-state index contributed by atoms with van der Waals surface area (Å²) in [5.41, 5.74) is 3.95. The van der Waals surface area contributed by atoms with Gasteiger partial charge >= 0.3 is 6.09 Å². The summed E-state index contributed by atoms with van der Waals surface area (Å²) in [5.74, 6) is -0.143. The number of nitrogens with zero attached hydrogens (tertiary/aromatic N) is 5. The Morgan fingerprint density at radius 2 is 1.58 bits per heavy atom. The van der Waals surface area contributed by atoms with Crippen LogP contribution in [0.3, 0.4) is 0 Å². The molecule has 4 N–H and O–H groups in total. The number of thiazole rings is 1. The van der Waals surface area contributed by atoms with E-state index in [0.29, 0.717) is 64.1 Å². The summed E-state index contributed by atoms with van der Waals surface area (Å²) in [5, 5.41) is 19.4. The first kappa shape index (κ1) is 48.0. The van der Waals surface area contributed by atoms with Crippen LogP contribution >= 0.6 is 11.3 Å². The highest BCUT2D eigenvalue weighted by Gasteiger charge is 2.46. The molecule has 0 aliphatic carbocycles. The molecule has 0 spiro atoms. The number of carbonyl (C=O) groups is 5. The van der Waals surface area contributed by atoms with Gasteiger partial charge in [0, 0.05) is 70.9 Å². The number of aliphatic hydroxyl groups excluding tert-OH is 1. The summed E-state index contributed by atoms with van der Waals surface area (Å²) >= 11 is 1.60. The van der Waals surface area contributed by atoms with Gasteiger partial charge in [0.15, 0.2) is 0 Å². The van der Waals surface area contributed by atoms with Crippen molar-refractivity contribution >= 4 is 46.9 Å². The Labute approximate surface area is 370 Å². The van der Waals surface area contributed by atoms with Crippen molar-refractivity contribution in [3.63, 3.8) is 0 Å². The fourth-order valence-electron chi connectivity index (χ4n) is 7.58. The second kappa shape index (κ2) is 21.8. The molecule has 0 saturated carbocycles. The van der Waals surface area contributed by atoms with Gasteiger partial charge in [0.25, 0.3) is 5.91 Å². The van der Waals surface area contributed by atoms with Crippen LogP contribution in [0.1, 0.15) is 108 Å². The van der Waals surface area contributed by atoms with E-state index in [1.54, 1.807) is 49.3 Å². The van der Waals surface area contributed by atoms with Crippen LogP contribution in [0.15, 0.2) is 48.1 Å². The number of aromatic nitrogens is 2. The lowest BCUT2D eigenvalue weighted by Gasteiger charge is -2.36. The van der Waals surface area contributed by atoms with Gasteiger partial charge in [0.1, 0.15) is 17.5 Å². The van der Waals surface area contributed by atoms with Crippen LogP contribution in [0.4, 0.5) is 10.6 Å². The zero-order chi connectivity index (χ0) is 45.0. The van der Waals surface area contributed by atoms with Crippen molar-refractivity contribution in [3.8, 4) is 10.4 Å². The fraction of sp³-hybridized carbons (Fsp3) is 0.587. The van der Waals surface area contributed by atoms with Crippen molar-refractivity contribution in [2.45, 2.75) is 124 Å². The lowest BCUT2D eigenvalue weighted by Crippen LogP contribution is -2.55. The number of hydrogen-bond donors (Lipinski definition) is 4. The third-order valence-electron chi connectivity index (χ3n) is 11.7. The zero-order valence-corrected chi connectivity index (χ0v) is 38.3. The number of carbonyl (C=O) groups excluding carboxylic acids is 5. The number of pyridine rings is 1. The number of unbranched alkanes of at least 4 members (excludes halogenated alkanes) is 4. The van der Waals surface area contributed by atoms with E-state index in [0.717, 1.165) is 53.2 Å². The quantitative estimate of drug-likeness (QED) is 0.119. The van der Waals surface area contributed by atoms with Gasteiger partial charge in [-0.15, -0.1) is 11.3 Å². The highest BCUT2D eigenvalue weighted by molar-refractivity contribution is 7.13. The molecule has 2 saturated heterocycles. The van der Waals surface area contributed by atoms with Crippen LogP contribution in [0.5, 0.6) is 0 Å². The molecule has 0 bridgehead atoms. The smallest absolute Gasteiger partial charge is 0.410 e. The summed E-state index contributed by atoms with van der Waals surface area (Å²) < 4.78 is 5.47. The monoisotopic (exact) mass is 874 g/mol. The largest absolute Gasteiger partial charge is 0.444 e. The van der Waals surface area contributed by atoms with Gasteiger partial charge in [-0.05, 0) is 91.0 Å². The van der Waals surface area contributed by atoms with E-state index in [2.05, 4.69) is 43.0 Å². The summed E-state index contributed by atoms with van der Waals surface area (Å²) in [4.78, 5) is 80.4. The summed E-state index contributed by atoms with van der Waals surface area (Å²) in [6.45, 7) is 16.2. The van der Waals surface area contributed by atoms with Gasteiger partial charge in [-0.1, -0.05) is 43.5 Å². The van der Waals surface area contributed by atoms with E-state index in [9.17, 15) is 29.1 Å². The molecular formula is C46H66N8O7S. The van der Waals surface area contributed by atoms with Crippen molar-refractivity contribution in [3.05, 3.63) is 64.9 Å². The van der Waals surface area contributed by atoms with Crippen LogP contribution in [0, 0.1) is 12.3 Å². The molecule has 338 valence electrons. The fourth-order valence-corrected chi connectivity index (χ4v) is 8.39. The number of β-amino-alcohol motifs (C(OH)–C–C–N with tert-alkyl or cyclic N) is 1. The molecule has 5 rings (SSSR count). The van der Waals surface area contributed by atoms with E-state index < -0.39 is 29.2 Å². The molecule has 2 aromatic heterocycles. The van der Waals surface area contributed by atoms with E-state index in [1.165, 1.54) is 4.90 Å². The molecule has 5 amide bonds. The molecule has 0 unspecified atom stereocenters. The highest BCUT2D eigenvalue weighted by Crippen LogP contribution is 2.30. The lowest BCUT2D eigenvalue weighted by molar-refractivity contribution is -0.147. The maximum absolute atomic E-state index is 13.9. The van der Waals surface area contributed by atoms with Crippen LogP contribution in [-0.2, 0) is 25.5 Å². The Balaban J connectivity index is 0.939. The van der Waals surface area contributed by atoms with Crippen molar-refractivity contribution in [2.24, 2.45) is 5.41 Å². The molecule has 16 heteroatoms. The van der Waals surface area contributed by atoms with Crippen molar-refractivity contribution in [1.82, 2.24) is 35.7 Å². The Morgan fingerprint density at radius 1 is 0.887 bits per heavy atom. The van der Waals surface area contributed by atoms with Crippen LogP contribution in [0.2, 0.25) is 0 Å². The van der Waals surface area contributed by atoms with Crippen molar-refractivity contribution < 1.29 is 33.8 Å². The number of rotatable bonds is 18. The van der Waals surface area contributed by atoms with E-state index >= 15 is 0 Å². The first-order chi connectivity index (χ1) is 29.4. The molecule has 62 heavy (non-hydrogen) atoms. The van der Waals surface area contributed by atoms with Gasteiger partial charge < -0.3 is 40.5 Å². The maximum Gasteiger partial charge on any atom is 0.410 e. The number of ether oxygens (including phenoxy) is 1. The average Bonchev–Trinajstić information content (AvgIpc) is 3.86.